The Morgan fingerprint density at radius 1 is 1.32 bits per heavy atom. The molecule has 9 heteroatoms. The smallest absolute Gasteiger partial charge is 0.462 e. The van der Waals surface area contributed by atoms with Gasteiger partial charge in [0, 0.05) is 0 Å². The summed E-state index contributed by atoms with van der Waals surface area (Å²) in [6, 6.07) is 4.90. The normalized spacial score (nSPS) is 11.3. The number of hydrogen-bond donors (Lipinski definition) is 1. The van der Waals surface area contributed by atoms with E-state index < -0.39 is 12.3 Å². The van der Waals surface area contributed by atoms with E-state index in [-0.39, 0.29) is 23.7 Å². The Kier molecular flexibility index (Phi) is 4.25. The highest BCUT2D eigenvalue weighted by molar-refractivity contribution is 5.94. The first-order valence-corrected chi connectivity index (χ1v) is 6.18. The molecular formula is C13H12F3N3O3. The molecule has 0 fully saturated rings. The zero-order chi connectivity index (χ0) is 16.3. The molecule has 0 aliphatic carbocycles. The predicted molar refractivity (Wildman–Crippen MR) is 70.6 cm³/mol. The molecule has 0 spiro atoms. The van der Waals surface area contributed by atoms with E-state index in [0.717, 1.165) is 12.1 Å². The first-order chi connectivity index (χ1) is 10.3. The SMILES string of the molecule is CCOC(=O)c1cnn(-c2ccc(OC(F)(F)F)cc2)c1N. The van der Waals surface area contributed by atoms with E-state index in [1.54, 1.807) is 6.92 Å². The van der Waals surface area contributed by atoms with Crippen molar-refractivity contribution in [2.24, 2.45) is 0 Å². The lowest BCUT2D eigenvalue weighted by Crippen LogP contribution is -2.17. The van der Waals surface area contributed by atoms with Gasteiger partial charge in [-0.05, 0) is 31.2 Å². The summed E-state index contributed by atoms with van der Waals surface area (Å²) in [6.07, 6.45) is -3.53. The van der Waals surface area contributed by atoms with E-state index >= 15 is 0 Å². The summed E-state index contributed by atoms with van der Waals surface area (Å²) in [6.45, 7) is 1.84. The molecule has 1 aromatic heterocycles. The van der Waals surface area contributed by atoms with Gasteiger partial charge < -0.3 is 15.2 Å². The average Bonchev–Trinajstić information content (AvgIpc) is 2.80. The molecule has 1 heterocycles. The molecule has 0 aliphatic rings. The quantitative estimate of drug-likeness (QED) is 0.877. The number of carbonyl (C=O) groups is 1. The molecule has 0 unspecified atom stereocenters. The molecule has 1 aromatic carbocycles. The molecule has 2 aromatic rings. The van der Waals surface area contributed by atoms with Crippen LogP contribution >= 0.6 is 0 Å². The van der Waals surface area contributed by atoms with Crippen molar-refractivity contribution in [1.82, 2.24) is 9.78 Å². The van der Waals surface area contributed by atoms with Crippen molar-refractivity contribution in [3.05, 3.63) is 36.0 Å². The van der Waals surface area contributed by atoms with Crippen LogP contribution in [-0.2, 0) is 4.74 Å². The summed E-state index contributed by atoms with van der Waals surface area (Å²) >= 11 is 0. The highest BCUT2D eigenvalue weighted by atomic mass is 19.4. The molecule has 0 bridgehead atoms. The molecule has 0 aliphatic heterocycles. The van der Waals surface area contributed by atoms with Gasteiger partial charge in [-0.15, -0.1) is 13.2 Å². The molecule has 0 saturated carbocycles. The summed E-state index contributed by atoms with van der Waals surface area (Å²) in [4.78, 5) is 11.6. The standard InChI is InChI=1S/C13H12F3N3O3/c1-2-21-12(20)10-7-18-19(11(10)17)8-3-5-9(6-4-8)22-13(14,15)16/h3-7H,2,17H2,1H3. The third kappa shape index (κ3) is 3.48. The van der Waals surface area contributed by atoms with Gasteiger partial charge in [0.05, 0.1) is 18.5 Å². The Bertz CT molecular complexity index is 665. The second-order valence-corrected chi connectivity index (χ2v) is 4.12. The van der Waals surface area contributed by atoms with Crippen molar-refractivity contribution >= 4 is 11.8 Å². The van der Waals surface area contributed by atoms with Crippen molar-refractivity contribution in [2.45, 2.75) is 13.3 Å². The summed E-state index contributed by atoms with van der Waals surface area (Å²) < 4.78 is 46.0. The number of hydrogen-bond acceptors (Lipinski definition) is 5. The average molecular weight is 315 g/mol. The van der Waals surface area contributed by atoms with Crippen molar-refractivity contribution in [3.63, 3.8) is 0 Å². The van der Waals surface area contributed by atoms with Crippen LogP contribution in [0.25, 0.3) is 5.69 Å². The van der Waals surface area contributed by atoms with Gasteiger partial charge in [0.1, 0.15) is 17.1 Å². The first kappa shape index (κ1) is 15.7. The van der Waals surface area contributed by atoms with Crippen LogP contribution in [0.4, 0.5) is 19.0 Å². The van der Waals surface area contributed by atoms with Crippen LogP contribution in [0.5, 0.6) is 5.75 Å². The van der Waals surface area contributed by atoms with Crippen LogP contribution in [0.1, 0.15) is 17.3 Å². The molecule has 22 heavy (non-hydrogen) atoms. The van der Waals surface area contributed by atoms with Crippen LogP contribution in [0.3, 0.4) is 0 Å². The van der Waals surface area contributed by atoms with E-state index in [9.17, 15) is 18.0 Å². The van der Waals surface area contributed by atoms with Gasteiger partial charge in [-0.25, -0.2) is 9.48 Å². The molecule has 2 rings (SSSR count). The lowest BCUT2D eigenvalue weighted by molar-refractivity contribution is -0.274. The molecular weight excluding hydrogens is 303 g/mol. The number of nitrogens with zero attached hydrogens (tertiary/aromatic N) is 2. The van der Waals surface area contributed by atoms with E-state index in [4.69, 9.17) is 10.5 Å². The van der Waals surface area contributed by atoms with Crippen molar-refractivity contribution < 1.29 is 27.4 Å². The summed E-state index contributed by atoms with van der Waals surface area (Å²) in [5.41, 5.74) is 6.25. The number of esters is 1. The van der Waals surface area contributed by atoms with E-state index in [1.807, 2.05) is 0 Å². The highest BCUT2D eigenvalue weighted by Gasteiger charge is 2.31. The van der Waals surface area contributed by atoms with Crippen molar-refractivity contribution in [1.29, 1.82) is 0 Å². The number of alkyl halides is 3. The summed E-state index contributed by atoms with van der Waals surface area (Å²) in [7, 11) is 0. The number of carbonyl (C=O) groups excluding carboxylic acids is 1. The van der Waals surface area contributed by atoms with Gasteiger partial charge in [0.25, 0.3) is 0 Å². The maximum Gasteiger partial charge on any atom is 0.573 e. The van der Waals surface area contributed by atoms with Gasteiger partial charge >= 0.3 is 12.3 Å². The monoisotopic (exact) mass is 315 g/mol. The number of nitrogens with two attached hydrogens (primary N) is 1. The number of ether oxygens (including phenoxy) is 2. The molecule has 2 N–H and O–H groups in total. The Balaban J connectivity index is 2.24. The zero-order valence-electron chi connectivity index (χ0n) is 11.4. The maximum atomic E-state index is 12.1. The summed E-state index contributed by atoms with van der Waals surface area (Å²) in [5, 5.41) is 3.92. The number of halogens is 3. The van der Waals surface area contributed by atoms with Gasteiger partial charge in [-0.3, -0.25) is 0 Å². The van der Waals surface area contributed by atoms with Crippen LogP contribution in [0, 0.1) is 0 Å². The molecule has 118 valence electrons. The van der Waals surface area contributed by atoms with Crippen LogP contribution in [0.2, 0.25) is 0 Å². The van der Waals surface area contributed by atoms with Crippen LogP contribution < -0.4 is 10.5 Å². The third-order valence-electron chi connectivity index (χ3n) is 2.62. The van der Waals surface area contributed by atoms with E-state index in [2.05, 4.69) is 9.84 Å². The Morgan fingerprint density at radius 3 is 2.50 bits per heavy atom. The first-order valence-electron chi connectivity index (χ1n) is 6.18. The molecule has 0 amide bonds. The third-order valence-corrected chi connectivity index (χ3v) is 2.62. The van der Waals surface area contributed by atoms with Crippen molar-refractivity contribution in [2.75, 3.05) is 12.3 Å². The number of aromatic nitrogens is 2. The zero-order valence-corrected chi connectivity index (χ0v) is 11.4. The van der Waals surface area contributed by atoms with E-state index in [1.165, 1.54) is 23.0 Å². The number of anilines is 1. The van der Waals surface area contributed by atoms with Crippen LogP contribution in [0.15, 0.2) is 30.5 Å². The minimum atomic E-state index is -4.76. The lowest BCUT2D eigenvalue weighted by atomic mass is 10.3. The maximum absolute atomic E-state index is 12.1. The summed E-state index contributed by atoms with van der Waals surface area (Å²) in [5.74, 6) is -0.959. The molecule has 6 nitrogen and oxygen atoms in total. The Labute approximate surface area is 123 Å². The van der Waals surface area contributed by atoms with Crippen LogP contribution in [-0.4, -0.2) is 28.7 Å². The number of benzene rings is 1. The Hall–Kier alpha value is -2.71. The fraction of sp³-hybridized carbons (Fsp3) is 0.231. The van der Waals surface area contributed by atoms with Gasteiger partial charge in [-0.1, -0.05) is 0 Å². The fourth-order valence-corrected chi connectivity index (χ4v) is 1.72. The number of rotatable bonds is 4. The second-order valence-electron chi connectivity index (χ2n) is 4.12. The fourth-order valence-electron chi connectivity index (χ4n) is 1.72. The largest absolute Gasteiger partial charge is 0.573 e. The molecule has 0 radical (unpaired) electrons. The van der Waals surface area contributed by atoms with Gasteiger partial charge in [-0.2, -0.15) is 5.10 Å². The molecule has 0 saturated heterocycles. The molecule has 0 atom stereocenters. The van der Waals surface area contributed by atoms with Gasteiger partial charge in [0.2, 0.25) is 0 Å². The van der Waals surface area contributed by atoms with E-state index in [0.29, 0.717) is 5.69 Å². The topological polar surface area (TPSA) is 79.4 Å². The lowest BCUT2D eigenvalue weighted by Gasteiger charge is -2.10. The van der Waals surface area contributed by atoms with Crippen molar-refractivity contribution in [3.8, 4) is 11.4 Å². The minimum Gasteiger partial charge on any atom is -0.462 e. The second kappa shape index (κ2) is 5.96. The minimum absolute atomic E-state index is 0.0305. The predicted octanol–water partition coefficient (Wildman–Crippen LogP) is 2.53. The highest BCUT2D eigenvalue weighted by Crippen LogP contribution is 2.25. The van der Waals surface area contributed by atoms with Gasteiger partial charge in [0.15, 0.2) is 0 Å². The Morgan fingerprint density at radius 2 is 1.95 bits per heavy atom. The number of nitrogen functional groups attached to an aromatic ring is 1.